The monoisotopic (exact) mass is 466 g/mol. The Balaban J connectivity index is 1.65. The Morgan fingerprint density at radius 1 is 1.35 bits per heavy atom. The van der Waals surface area contributed by atoms with Gasteiger partial charge in [-0.1, -0.05) is 23.2 Å². The number of nitrogens with two attached hydrogens (primary N) is 2. The summed E-state index contributed by atoms with van der Waals surface area (Å²) in [5, 5.41) is 0.935. The molecule has 4 N–H and O–H groups in total. The van der Waals surface area contributed by atoms with Gasteiger partial charge in [-0.25, -0.2) is 14.2 Å². The molecule has 0 saturated carbocycles. The highest BCUT2D eigenvalue weighted by Crippen LogP contribution is 2.42. The quantitative estimate of drug-likeness (QED) is 0.510. The average Bonchev–Trinajstić information content (AvgIpc) is 3.17. The van der Waals surface area contributed by atoms with Crippen molar-refractivity contribution in [2.45, 2.75) is 31.8 Å². The van der Waals surface area contributed by atoms with Gasteiger partial charge in [-0.2, -0.15) is 0 Å². The van der Waals surface area contributed by atoms with Gasteiger partial charge in [0, 0.05) is 40.8 Å². The van der Waals surface area contributed by atoms with Crippen molar-refractivity contribution >= 4 is 46.0 Å². The van der Waals surface area contributed by atoms with Crippen LogP contribution in [0, 0.1) is 5.82 Å². The first-order valence-corrected chi connectivity index (χ1v) is 10.5. The van der Waals surface area contributed by atoms with E-state index in [9.17, 15) is 9.18 Å². The maximum atomic E-state index is 13.9. The van der Waals surface area contributed by atoms with Gasteiger partial charge < -0.3 is 25.5 Å². The second kappa shape index (κ2) is 8.43. The molecule has 0 radical (unpaired) electrons. The molecule has 10 heteroatoms. The molecule has 0 aliphatic carbocycles. The Morgan fingerprint density at radius 2 is 2.06 bits per heavy atom. The van der Waals surface area contributed by atoms with Gasteiger partial charge in [0.1, 0.15) is 11.9 Å². The molecule has 1 aromatic carbocycles. The van der Waals surface area contributed by atoms with Gasteiger partial charge in [0.2, 0.25) is 5.75 Å². The number of anilines is 1. The van der Waals surface area contributed by atoms with Crippen molar-refractivity contribution in [2.24, 2.45) is 5.73 Å². The van der Waals surface area contributed by atoms with E-state index in [0.29, 0.717) is 24.2 Å². The fraction of sp³-hybridized carbons (Fsp3) is 0.333. The predicted octanol–water partition coefficient (Wildman–Crippen LogP) is 5.25. The second-order valence-corrected chi connectivity index (χ2v) is 8.31. The molecule has 1 fully saturated rings. The van der Waals surface area contributed by atoms with Gasteiger partial charge in [0.15, 0.2) is 11.4 Å². The summed E-state index contributed by atoms with van der Waals surface area (Å²) >= 11 is 12.3. The SMILES string of the molecule is C[C@@H](Oc1c(N)ncc2c(C3CCN(C(N)=O)CC3)coc12)c1c(Cl)ccc(F)c1Cl. The molecule has 7 nitrogen and oxygen atoms in total. The predicted molar refractivity (Wildman–Crippen MR) is 117 cm³/mol. The van der Waals surface area contributed by atoms with Crippen molar-refractivity contribution in [1.29, 1.82) is 0 Å². The number of furan rings is 1. The molecule has 3 aromatic rings. The Bertz CT molecular complexity index is 1150. The van der Waals surface area contributed by atoms with E-state index in [0.717, 1.165) is 23.8 Å². The standard InChI is InChI=1S/C21H21Cl2FN4O3/c1-10(16-14(22)2-3-15(24)17(16)23)31-19-18-12(8-27-20(19)25)13(9-30-18)11-4-6-28(7-5-11)21(26)29/h2-3,8-11H,4-7H2,1H3,(H2,25,27)(H2,26,29)/t10-/m1/s1. The smallest absolute Gasteiger partial charge is 0.314 e. The van der Waals surface area contributed by atoms with Gasteiger partial charge in [-0.05, 0) is 37.8 Å². The highest BCUT2D eigenvalue weighted by Gasteiger charge is 2.27. The molecule has 1 aliphatic rings. The lowest BCUT2D eigenvalue weighted by atomic mass is 9.89. The zero-order chi connectivity index (χ0) is 22.3. The fourth-order valence-corrected chi connectivity index (χ4v) is 4.67. The van der Waals surface area contributed by atoms with Crippen LogP contribution < -0.4 is 16.2 Å². The summed E-state index contributed by atoms with van der Waals surface area (Å²) in [6.45, 7) is 2.84. The number of benzene rings is 1. The third-order valence-electron chi connectivity index (χ3n) is 5.66. The minimum Gasteiger partial charge on any atom is -0.478 e. The van der Waals surface area contributed by atoms with E-state index < -0.39 is 18.0 Å². The van der Waals surface area contributed by atoms with Crippen LogP contribution in [0.3, 0.4) is 0 Å². The summed E-state index contributed by atoms with van der Waals surface area (Å²) in [5.74, 6) is -0.0438. The first kappa shape index (κ1) is 21.5. The number of fused-ring (bicyclic) bond motifs is 1. The number of nitrogen functional groups attached to an aromatic ring is 1. The Labute approximate surface area is 188 Å². The number of urea groups is 1. The van der Waals surface area contributed by atoms with Crippen molar-refractivity contribution in [2.75, 3.05) is 18.8 Å². The van der Waals surface area contributed by atoms with Crippen molar-refractivity contribution in [3.8, 4) is 5.75 Å². The van der Waals surface area contributed by atoms with Crippen LogP contribution in [0.4, 0.5) is 15.0 Å². The zero-order valence-corrected chi connectivity index (χ0v) is 18.2. The summed E-state index contributed by atoms with van der Waals surface area (Å²) in [6, 6.07) is 2.20. The number of amides is 2. The van der Waals surface area contributed by atoms with E-state index in [2.05, 4.69) is 4.98 Å². The number of hydrogen-bond acceptors (Lipinski definition) is 5. The summed E-state index contributed by atoms with van der Waals surface area (Å²) < 4.78 is 25.8. The molecule has 2 amide bonds. The molecule has 0 bridgehead atoms. The van der Waals surface area contributed by atoms with E-state index >= 15 is 0 Å². The van der Waals surface area contributed by atoms with Gasteiger partial charge in [-0.3, -0.25) is 0 Å². The third kappa shape index (κ3) is 3.97. The van der Waals surface area contributed by atoms with Crippen LogP contribution in [-0.2, 0) is 0 Å². The lowest BCUT2D eigenvalue weighted by Crippen LogP contribution is -2.41. The minimum absolute atomic E-state index is 0.111. The molecule has 2 aromatic heterocycles. The molecule has 3 heterocycles. The minimum atomic E-state index is -0.710. The number of hydrogen-bond donors (Lipinski definition) is 2. The highest BCUT2D eigenvalue weighted by molar-refractivity contribution is 6.36. The van der Waals surface area contributed by atoms with E-state index in [1.165, 1.54) is 12.1 Å². The normalized spacial score (nSPS) is 15.9. The number of carbonyl (C=O) groups is 1. The Morgan fingerprint density at radius 3 is 2.74 bits per heavy atom. The van der Waals surface area contributed by atoms with Gasteiger partial charge in [-0.15, -0.1) is 0 Å². The molecule has 4 rings (SSSR count). The first-order chi connectivity index (χ1) is 14.8. The van der Waals surface area contributed by atoms with Gasteiger partial charge in [0.05, 0.1) is 11.3 Å². The highest BCUT2D eigenvalue weighted by atomic mass is 35.5. The summed E-state index contributed by atoms with van der Waals surface area (Å²) in [5.41, 5.74) is 13.1. The average molecular weight is 467 g/mol. The number of pyridine rings is 1. The molecular formula is C21H21Cl2FN4O3. The van der Waals surface area contributed by atoms with E-state index in [1.807, 2.05) is 0 Å². The van der Waals surface area contributed by atoms with Crippen LogP contribution in [0.2, 0.25) is 10.0 Å². The lowest BCUT2D eigenvalue weighted by Gasteiger charge is -2.30. The molecule has 31 heavy (non-hydrogen) atoms. The summed E-state index contributed by atoms with van der Waals surface area (Å²) in [4.78, 5) is 17.3. The first-order valence-electron chi connectivity index (χ1n) is 9.78. The topological polar surface area (TPSA) is 108 Å². The molecule has 1 saturated heterocycles. The number of halogens is 3. The Hall–Kier alpha value is -2.71. The Kier molecular flexibility index (Phi) is 5.85. The molecular weight excluding hydrogens is 446 g/mol. The van der Waals surface area contributed by atoms with Crippen molar-refractivity contribution < 1.29 is 18.3 Å². The van der Waals surface area contributed by atoms with E-state index in [4.69, 9.17) is 43.8 Å². The lowest BCUT2D eigenvalue weighted by molar-refractivity contribution is 0.190. The number of likely N-dealkylation sites (tertiary alicyclic amines) is 1. The van der Waals surface area contributed by atoms with Crippen LogP contribution in [0.15, 0.2) is 29.0 Å². The van der Waals surface area contributed by atoms with Gasteiger partial charge in [0.25, 0.3) is 0 Å². The summed E-state index contributed by atoms with van der Waals surface area (Å²) in [6.07, 6.45) is 4.10. The fourth-order valence-electron chi connectivity index (χ4n) is 3.99. The summed E-state index contributed by atoms with van der Waals surface area (Å²) in [7, 11) is 0. The number of rotatable bonds is 4. The van der Waals surface area contributed by atoms with Crippen LogP contribution in [0.25, 0.3) is 11.0 Å². The number of primary amides is 1. The second-order valence-electron chi connectivity index (χ2n) is 7.52. The third-order valence-corrected chi connectivity index (χ3v) is 6.37. The van der Waals surface area contributed by atoms with Crippen molar-refractivity contribution in [3.63, 3.8) is 0 Å². The van der Waals surface area contributed by atoms with Crippen LogP contribution in [0.1, 0.15) is 42.9 Å². The maximum absolute atomic E-state index is 13.9. The van der Waals surface area contributed by atoms with Crippen LogP contribution >= 0.6 is 23.2 Å². The van der Waals surface area contributed by atoms with E-state index in [1.54, 1.807) is 24.3 Å². The molecule has 0 unspecified atom stereocenters. The number of aromatic nitrogens is 1. The van der Waals surface area contributed by atoms with Crippen molar-refractivity contribution in [1.82, 2.24) is 9.88 Å². The number of nitrogens with zero attached hydrogens (tertiary/aromatic N) is 2. The zero-order valence-electron chi connectivity index (χ0n) is 16.7. The van der Waals surface area contributed by atoms with Crippen LogP contribution in [-0.4, -0.2) is 29.0 Å². The number of ether oxygens (including phenoxy) is 1. The number of carbonyl (C=O) groups excluding carboxylic acids is 1. The molecule has 164 valence electrons. The van der Waals surface area contributed by atoms with E-state index in [-0.39, 0.29) is 27.5 Å². The molecule has 1 aliphatic heterocycles. The van der Waals surface area contributed by atoms with Gasteiger partial charge >= 0.3 is 6.03 Å². The van der Waals surface area contributed by atoms with Crippen molar-refractivity contribution in [3.05, 3.63) is 51.6 Å². The molecule has 0 spiro atoms. The molecule has 1 atom stereocenters. The number of piperidine rings is 1. The maximum Gasteiger partial charge on any atom is 0.314 e. The van der Waals surface area contributed by atoms with Crippen LogP contribution in [0.5, 0.6) is 5.75 Å². The largest absolute Gasteiger partial charge is 0.478 e.